The Bertz CT molecular complexity index is 896. The van der Waals surface area contributed by atoms with Gasteiger partial charge in [0.2, 0.25) is 0 Å². The van der Waals surface area contributed by atoms with Crippen LogP contribution in [0.3, 0.4) is 0 Å². The van der Waals surface area contributed by atoms with Crippen molar-refractivity contribution < 1.29 is 28.9 Å². The van der Waals surface area contributed by atoms with E-state index in [4.69, 9.17) is 9.84 Å². The molecular weight excluding hydrogens is 353 g/mol. The molecule has 27 heavy (non-hydrogen) atoms. The van der Waals surface area contributed by atoms with E-state index >= 15 is 0 Å². The molecular formula is C20H20FNO5. The van der Waals surface area contributed by atoms with Gasteiger partial charge in [-0.1, -0.05) is 12.1 Å². The summed E-state index contributed by atoms with van der Waals surface area (Å²) in [7, 11) is 0. The molecule has 1 heterocycles. The molecule has 0 fully saturated rings. The van der Waals surface area contributed by atoms with E-state index in [1.165, 1.54) is 11.0 Å². The third kappa shape index (κ3) is 3.86. The molecule has 2 N–H and O–H groups in total. The summed E-state index contributed by atoms with van der Waals surface area (Å²) in [6, 6.07) is 8.06. The molecule has 1 amide bonds. The molecule has 7 heteroatoms. The third-order valence-corrected chi connectivity index (χ3v) is 4.61. The number of benzene rings is 2. The summed E-state index contributed by atoms with van der Waals surface area (Å²) in [6.07, 6.45) is -0.912. The largest absolute Gasteiger partial charge is 0.493 e. The van der Waals surface area contributed by atoms with Gasteiger partial charge in [0.1, 0.15) is 11.6 Å². The number of carboxylic acids is 1. The highest BCUT2D eigenvalue weighted by atomic mass is 19.1. The minimum atomic E-state index is -1.06. The molecule has 142 valence electrons. The summed E-state index contributed by atoms with van der Waals surface area (Å²) in [4.78, 5) is 23.7. The fraction of sp³-hybridized carbons (Fsp3) is 0.300. The van der Waals surface area contributed by atoms with E-state index in [1.54, 1.807) is 24.3 Å². The van der Waals surface area contributed by atoms with Crippen LogP contribution in [0, 0.1) is 5.82 Å². The van der Waals surface area contributed by atoms with Crippen LogP contribution in [0.4, 0.5) is 9.18 Å². The summed E-state index contributed by atoms with van der Waals surface area (Å²) < 4.78 is 20.0. The second-order valence-corrected chi connectivity index (χ2v) is 6.34. The van der Waals surface area contributed by atoms with Crippen LogP contribution < -0.4 is 4.74 Å². The zero-order chi connectivity index (χ0) is 19.6. The Labute approximate surface area is 155 Å². The molecule has 0 aromatic heterocycles. The number of carbonyl (C=O) groups is 2. The Morgan fingerprint density at radius 1 is 1.15 bits per heavy atom. The van der Waals surface area contributed by atoms with E-state index in [0.29, 0.717) is 46.6 Å². The van der Waals surface area contributed by atoms with E-state index in [-0.39, 0.29) is 25.3 Å². The first-order valence-electron chi connectivity index (χ1n) is 8.66. The first-order valence-corrected chi connectivity index (χ1v) is 8.66. The molecule has 0 radical (unpaired) electrons. The van der Waals surface area contributed by atoms with Crippen LogP contribution in [0.15, 0.2) is 30.3 Å². The lowest BCUT2D eigenvalue weighted by molar-refractivity contribution is -0.136. The van der Waals surface area contributed by atoms with Gasteiger partial charge >= 0.3 is 12.1 Å². The maximum atomic E-state index is 14.3. The van der Waals surface area contributed by atoms with Crippen LogP contribution in [0.5, 0.6) is 5.75 Å². The van der Waals surface area contributed by atoms with Gasteiger partial charge in [0, 0.05) is 18.7 Å². The second-order valence-electron chi connectivity index (χ2n) is 6.34. The Morgan fingerprint density at radius 3 is 2.59 bits per heavy atom. The molecule has 2 aromatic carbocycles. The van der Waals surface area contributed by atoms with Crippen LogP contribution in [0.25, 0.3) is 11.1 Å². The van der Waals surface area contributed by atoms with Crippen molar-refractivity contribution in [2.45, 2.75) is 26.3 Å². The molecule has 0 saturated carbocycles. The molecule has 1 aliphatic heterocycles. The summed E-state index contributed by atoms with van der Waals surface area (Å²) in [5.41, 5.74) is 2.98. The lowest BCUT2D eigenvalue weighted by Gasteiger charge is -2.29. The van der Waals surface area contributed by atoms with Gasteiger partial charge in [-0.15, -0.1) is 0 Å². The standard InChI is InChI=1S/C20H20FNO5/c1-2-27-18-6-3-12(10-19(23)24)9-15(18)13-4-5-17(21)14-7-8-22(20(25)26)11-16(13)14/h3-6,9H,2,7-8,10-11H2,1H3,(H,23,24)(H,25,26). The summed E-state index contributed by atoms with van der Waals surface area (Å²) in [5.74, 6) is -0.769. The average molecular weight is 373 g/mol. The SMILES string of the molecule is CCOc1ccc(CC(=O)O)cc1-c1ccc(F)c2c1CN(C(=O)O)CC2. The Hall–Kier alpha value is -3.09. The van der Waals surface area contributed by atoms with Crippen molar-refractivity contribution in [2.24, 2.45) is 0 Å². The van der Waals surface area contributed by atoms with Crippen LogP contribution >= 0.6 is 0 Å². The van der Waals surface area contributed by atoms with Gasteiger partial charge in [-0.25, -0.2) is 9.18 Å². The Kier molecular flexibility index (Phi) is 5.30. The molecule has 3 rings (SSSR count). The normalized spacial score (nSPS) is 13.2. The first kappa shape index (κ1) is 18.7. The van der Waals surface area contributed by atoms with E-state index < -0.39 is 12.1 Å². The van der Waals surface area contributed by atoms with Crippen molar-refractivity contribution in [1.29, 1.82) is 0 Å². The van der Waals surface area contributed by atoms with Crippen molar-refractivity contribution in [3.63, 3.8) is 0 Å². The van der Waals surface area contributed by atoms with Gasteiger partial charge in [0.25, 0.3) is 0 Å². The van der Waals surface area contributed by atoms with Gasteiger partial charge in [-0.05, 0) is 53.8 Å². The van der Waals surface area contributed by atoms with E-state index in [0.717, 1.165) is 0 Å². The van der Waals surface area contributed by atoms with Crippen molar-refractivity contribution >= 4 is 12.1 Å². The average Bonchev–Trinajstić information content (AvgIpc) is 2.63. The monoisotopic (exact) mass is 373 g/mol. The number of hydrogen-bond acceptors (Lipinski definition) is 3. The minimum absolute atomic E-state index is 0.0759. The predicted octanol–water partition coefficient (Wildman–Crippen LogP) is 3.55. The van der Waals surface area contributed by atoms with Crippen LogP contribution in [0.1, 0.15) is 23.6 Å². The van der Waals surface area contributed by atoms with Crippen LogP contribution in [-0.4, -0.2) is 40.3 Å². The topological polar surface area (TPSA) is 87.1 Å². The van der Waals surface area contributed by atoms with Gasteiger partial charge in [-0.2, -0.15) is 0 Å². The Balaban J connectivity index is 2.15. The minimum Gasteiger partial charge on any atom is -0.493 e. The highest BCUT2D eigenvalue weighted by Crippen LogP contribution is 2.38. The summed E-state index contributed by atoms with van der Waals surface area (Å²) in [6.45, 7) is 2.56. The number of nitrogens with zero attached hydrogens (tertiary/aromatic N) is 1. The molecule has 0 aliphatic carbocycles. The fourth-order valence-corrected chi connectivity index (χ4v) is 3.40. The maximum Gasteiger partial charge on any atom is 0.407 e. The fourth-order valence-electron chi connectivity index (χ4n) is 3.40. The number of aliphatic carboxylic acids is 1. The zero-order valence-electron chi connectivity index (χ0n) is 14.9. The van der Waals surface area contributed by atoms with Crippen LogP contribution in [-0.2, 0) is 24.2 Å². The lowest BCUT2D eigenvalue weighted by Crippen LogP contribution is -2.35. The van der Waals surface area contributed by atoms with Crippen molar-refractivity contribution in [1.82, 2.24) is 4.90 Å². The number of halogens is 1. The summed E-state index contributed by atoms with van der Waals surface area (Å²) in [5, 5.41) is 18.4. The molecule has 1 aliphatic rings. The van der Waals surface area contributed by atoms with Gasteiger partial charge in [0.15, 0.2) is 0 Å². The number of carboxylic acid groups (broad SMARTS) is 2. The van der Waals surface area contributed by atoms with E-state index in [9.17, 15) is 19.1 Å². The number of fused-ring (bicyclic) bond motifs is 1. The number of rotatable bonds is 5. The smallest absolute Gasteiger partial charge is 0.407 e. The number of hydrogen-bond donors (Lipinski definition) is 2. The van der Waals surface area contributed by atoms with Crippen molar-refractivity contribution in [3.8, 4) is 16.9 Å². The van der Waals surface area contributed by atoms with Gasteiger partial charge in [-0.3, -0.25) is 4.79 Å². The molecule has 0 atom stereocenters. The second kappa shape index (κ2) is 7.65. The summed E-state index contributed by atoms with van der Waals surface area (Å²) >= 11 is 0. The first-order chi connectivity index (χ1) is 12.9. The van der Waals surface area contributed by atoms with E-state index in [2.05, 4.69) is 0 Å². The molecule has 0 bridgehead atoms. The van der Waals surface area contributed by atoms with Crippen LogP contribution in [0.2, 0.25) is 0 Å². The van der Waals surface area contributed by atoms with Gasteiger partial charge < -0.3 is 19.8 Å². The highest BCUT2D eigenvalue weighted by Gasteiger charge is 2.26. The molecule has 2 aromatic rings. The van der Waals surface area contributed by atoms with Gasteiger partial charge in [0.05, 0.1) is 13.0 Å². The Morgan fingerprint density at radius 2 is 1.93 bits per heavy atom. The molecule has 0 spiro atoms. The molecule has 0 saturated heterocycles. The molecule has 0 unspecified atom stereocenters. The predicted molar refractivity (Wildman–Crippen MR) is 96.5 cm³/mol. The van der Waals surface area contributed by atoms with E-state index in [1.807, 2.05) is 6.92 Å². The maximum absolute atomic E-state index is 14.3. The third-order valence-electron chi connectivity index (χ3n) is 4.61. The zero-order valence-corrected chi connectivity index (χ0v) is 14.9. The number of amides is 1. The highest BCUT2D eigenvalue weighted by molar-refractivity contribution is 5.78. The number of ether oxygens (including phenoxy) is 1. The van der Waals surface area contributed by atoms with Crippen molar-refractivity contribution in [3.05, 3.63) is 52.8 Å². The lowest BCUT2D eigenvalue weighted by atomic mass is 9.89. The van der Waals surface area contributed by atoms with Crippen molar-refractivity contribution in [2.75, 3.05) is 13.2 Å². The quantitative estimate of drug-likeness (QED) is 0.837. The molecule has 6 nitrogen and oxygen atoms in total.